The van der Waals surface area contributed by atoms with Gasteiger partial charge in [-0.05, 0) is 29.2 Å². The van der Waals surface area contributed by atoms with Crippen molar-refractivity contribution in [3.05, 3.63) is 63.7 Å². The summed E-state index contributed by atoms with van der Waals surface area (Å²) >= 11 is 0. The van der Waals surface area contributed by atoms with Crippen LogP contribution < -0.4 is 10.2 Å². The van der Waals surface area contributed by atoms with E-state index in [0.29, 0.717) is 11.4 Å². The fourth-order valence-corrected chi connectivity index (χ4v) is 2.46. The van der Waals surface area contributed by atoms with Crippen molar-refractivity contribution in [2.75, 3.05) is 24.3 Å². The van der Waals surface area contributed by atoms with Gasteiger partial charge in [0.1, 0.15) is 0 Å². The molecule has 0 fully saturated rings. The Labute approximate surface area is 147 Å². The van der Waals surface area contributed by atoms with E-state index in [0.717, 1.165) is 5.56 Å². The van der Waals surface area contributed by atoms with Crippen molar-refractivity contribution in [1.82, 2.24) is 0 Å². The molecule has 0 bridgehead atoms. The highest BCUT2D eigenvalue weighted by Gasteiger charge is 2.19. The van der Waals surface area contributed by atoms with E-state index in [-0.39, 0.29) is 22.6 Å². The second kappa shape index (κ2) is 6.93. The van der Waals surface area contributed by atoms with E-state index in [1.54, 1.807) is 25.1 Å². The summed E-state index contributed by atoms with van der Waals surface area (Å²) in [5, 5.41) is 13.8. The van der Waals surface area contributed by atoms with Crippen molar-refractivity contribution in [1.29, 1.82) is 0 Å². The molecule has 6 nitrogen and oxygen atoms in total. The minimum absolute atomic E-state index is 0.0284. The van der Waals surface area contributed by atoms with Crippen LogP contribution in [0.2, 0.25) is 0 Å². The van der Waals surface area contributed by atoms with Gasteiger partial charge in [0.2, 0.25) is 0 Å². The molecule has 0 heterocycles. The number of rotatable bonds is 4. The van der Waals surface area contributed by atoms with Crippen LogP contribution in [0.25, 0.3) is 0 Å². The first-order chi connectivity index (χ1) is 11.6. The van der Waals surface area contributed by atoms with Crippen LogP contribution >= 0.6 is 0 Å². The van der Waals surface area contributed by atoms with Crippen molar-refractivity contribution >= 4 is 23.0 Å². The van der Waals surface area contributed by atoms with E-state index in [2.05, 4.69) is 26.1 Å². The van der Waals surface area contributed by atoms with Crippen LogP contribution in [-0.2, 0) is 5.41 Å². The van der Waals surface area contributed by atoms with Crippen LogP contribution in [0.4, 0.5) is 17.1 Å². The van der Waals surface area contributed by atoms with Crippen molar-refractivity contribution in [3.8, 4) is 0 Å². The third-order valence-electron chi connectivity index (χ3n) is 3.93. The first-order valence-electron chi connectivity index (χ1n) is 7.97. The Hall–Kier alpha value is -2.89. The number of nitrogens with zero attached hydrogens (tertiary/aromatic N) is 2. The molecule has 2 rings (SSSR count). The van der Waals surface area contributed by atoms with Crippen LogP contribution in [0.1, 0.15) is 36.7 Å². The van der Waals surface area contributed by atoms with E-state index in [9.17, 15) is 14.9 Å². The fraction of sp³-hybridized carbons (Fsp3) is 0.316. The molecular formula is C19H23N3O3. The highest BCUT2D eigenvalue weighted by atomic mass is 16.6. The van der Waals surface area contributed by atoms with Gasteiger partial charge < -0.3 is 10.2 Å². The van der Waals surface area contributed by atoms with Gasteiger partial charge >= 0.3 is 0 Å². The number of non-ortho nitro benzene ring substituents is 1. The third kappa shape index (κ3) is 4.35. The maximum absolute atomic E-state index is 12.6. The highest BCUT2D eigenvalue weighted by molar-refractivity contribution is 6.08. The Morgan fingerprint density at radius 2 is 1.68 bits per heavy atom. The van der Waals surface area contributed by atoms with Crippen LogP contribution in [0.3, 0.4) is 0 Å². The number of nitro groups is 1. The summed E-state index contributed by atoms with van der Waals surface area (Å²) in [6.45, 7) is 6.35. The number of carbonyl (C=O) groups excluding carboxylic acids is 1. The normalized spacial score (nSPS) is 11.1. The topological polar surface area (TPSA) is 75.5 Å². The molecular weight excluding hydrogens is 318 g/mol. The number of anilines is 2. The maximum Gasteiger partial charge on any atom is 0.270 e. The van der Waals surface area contributed by atoms with Gasteiger partial charge in [-0.15, -0.1) is 0 Å². The summed E-state index contributed by atoms with van der Waals surface area (Å²) in [6.07, 6.45) is 0. The average molecular weight is 341 g/mol. The van der Waals surface area contributed by atoms with Gasteiger partial charge in [0.25, 0.3) is 11.6 Å². The molecule has 0 aliphatic carbocycles. The van der Waals surface area contributed by atoms with Crippen molar-refractivity contribution in [2.24, 2.45) is 0 Å². The molecule has 1 N–H and O–H groups in total. The second-order valence-corrected chi connectivity index (χ2v) is 7.13. The zero-order chi connectivity index (χ0) is 18.8. The molecule has 0 atom stereocenters. The number of nitrogens with one attached hydrogen (secondary N) is 1. The molecule has 2 aromatic carbocycles. The Bertz CT molecular complexity index is 791. The summed E-state index contributed by atoms with van der Waals surface area (Å²) in [5.74, 6) is -0.379. The largest absolute Gasteiger partial charge is 0.377 e. The van der Waals surface area contributed by atoms with Crippen molar-refractivity contribution in [2.45, 2.75) is 26.2 Å². The van der Waals surface area contributed by atoms with Gasteiger partial charge in [0, 0.05) is 37.6 Å². The Morgan fingerprint density at radius 1 is 1.08 bits per heavy atom. The van der Waals surface area contributed by atoms with Crippen LogP contribution in [-0.4, -0.2) is 24.9 Å². The summed E-state index contributed by atoms with van der Waals surface area (Å²) in [5.41, 5.74) is 2.61. The zero-order valence-electron chi connectivity index (χ0n) is 15.2. The summed E-state index contributed by atoms with van der Waals surface area (Å²) in [6, 6.07) is 11.9. The molecule has 0 aromatic heterocycles. The number of carbonyl (C=O) groups is 1. The average Bonchev–Trinajstić information content (AvgIpc) is 2.53. The lowest BCUT2D eigenvalue weighted by Gasteiger charge is -2.19. The lowest BCUT2D eigenvalue weighted by atomic mass is 9.87. The highest BCUT2D eigenvalue weighted by Crippen LogP contribution is 2.26. The second-order valence-electron chi connectivity index (χ2n) is 7.13. The minimum atomic E-state index is -0.506. The Morgan fingerprint density at radius 3 is 2.16 bits per heavy atom. The molecule has 0 radical (unpaired) electrons. The van der Waals surface area contributed by atoms with Gasteiger partial charge in [0.05, 0.1) is 10.5 Å². The van der Waals surface area contributed by atoms with E-state index < -0.39 is 4.92 Å². The number of hydrogen-bond donors (Lipinski definition) is 1. The molecule has 6 heteroatoms. The van der Waals surface area contributed by atoms with E-state index in [1.807, 2.05) is 24.3 Å². The van der Waals surface area contributed by atoms with Gasteiger partial charge in [-0.2, -0.15) is 0 Å². The predicted molar refractivity (Wildman–Crippen MR) is 101 cm³/mol. The van der Waals surface area contributed by atoms with Gasteiger partial charge in [0.15, 0.2) is 0 Å². The first-order valence-corrected chi connectivity index (χ1v) is 7.97. The zero-order valence-corrected chi connectivity index (χ0v) is 15.2. The monoisotopic (exact) mass is 341 g/mol. The minimum Gasteiger partial charge on any atom is -0.377 e. The molecule has 1 amide bonds. The number of nitro benzene ring substituents is 1. The standard InChI is InChI=1S/C19H23N3O3/c1-19(2,3)13-6-8-14(9-7-13)20-18(23)16-12-15(22(24)25)10-11-17(16)21(4)5/h6-12H,1-5H3,(H,20,23). The molecule has 0 unspecified atom stereocenters. The lowest BCUT2D eigenvalue weighted by Crippen LogP contribution is -2.19. The molecule has 0 saturated carbocycles. The predicted octanol–water partition coefficient (Wildman–Crippen LogP) is 4.21. The molecule has 25 heavy (non-hydrogen) atoms. The number of amides is 1. The van der Waals surface area contributed by atoms with Gasteiger partial charge in [-0.25, -0.2) is 0 Å². The molecule has 0 spiro atoms. The first kappa shape index (κ1) is 18.4. The SMILES string of the molecule is CN(C)c1ccc([N+](=O)[O-])cc1C(=O)Nc1ccc(C(C)(C)C)cc1. The van der Waals surface area contributed by atoms with Crippen LogP contribution in [0, 0.1) is 10.1 Å². The summed E-state index contributed by atoms with van der Waals surface area (Å²) < 4.78 is 0. The third-order valence-corrected chi connectivity index (χ3v) is 3.93. The van der Waals surface area contributed by atoms with Crippen LogP contribution in [0.5, 0.6) is 0 Å². The molecule has 132 valence electrons. The summed E-state index contributed by atoms with van der Waals surface area (Å²) in [7, 11) is 3.58. The molecule has 0 saturated heterocycles. The van der Waals surface area contributed by atoms with Gasteiger partial charge in [-0.1, -0.05) is 32.9 Å². The van der Waals surface area contributed by atoms with E-state index >= 15 is 0 Å². The molecule has 0 aliphatic rings. The van der Waals surface area contributed by atoms with Crippen molar-refractivity contribution < 1.29 is 9.72 Å². The van der Waals surface area contributed by atoms with Crippen LogP contribution in [0.15, 0.2) is 42.5 Å². The molecule has 0 aliphatic heterocycles. The molecule has 2 aromatic rings. The number of benzene rings is 2. The Balaban J connectivity index is 2.31. The van der Waals surface area contributed by atoms with E-state index in [1.165, 1.54) is 12.1 Å². The fourth-order valence-electron chi connectivity index (χ4n) is 2.46. The summed E-state index contributed by atoms with van der Waals surface area (Å²) in [4.78, 5) is 24.9. The number of hydrogen-bond acceptors (Lipinski definition) is 4. The maximum atomic E-state index is 12.6. The smallest absolute Gasteiger partial charge is 0.270 e. The van der Waals surface area contributed by atoms with Gasteiger partial charge in [-0.3, -0.25) is 14.9 Å². The Kier molecular flexibility index (Phi) is 5.11. The van der Waals surface area contributed by atoms with Crippen molar-refractivity contribution in [3.63, 3.8) is 0 Å². The van der Waals surface area contributed by atoms with E-state index in [4.69, 9.17) is 0 Å². The quantitative estimate of drug-likeness (QED) is 0.667. The lowest BCUT2D eigenvalue weighted by molar-refractivity contribution is -0.384.